The molecular weight excluding hydrogens is 374 g/mol. The molecule has 2 aromatic carbocycles. The van der Waals surface area contributed by atoms with Crippen molar-refractivity contribution < 1.29 is 19.1 Å². The topological polar surface area (TPSA) is 65.5 Å². The average molecular weight is 395 g/mol. The van der Waals surface area contributed by atoms with Gasteiger partial charge in [0.2, 0.25) is 0 Å². The second-order valence-electron chi connectivity index (χ2n) is 6.37. The molecule has 5 nitrogen and oxygen atoms in total. The van der Waals surface area contributed by atoms with E-state index < -0.39 is 0 Å². The van der Waals surface area contributed by atoms with Crippen LogP contribution in [0.3, 0.4) is 0 Å². The lowest BCUT2D eigenvalue weighted by atomic mass is 10.0. The molecule has 0 aliphatic carbocycles. The molecule has 0 bridgehead atoms. The summed E-state index contributed by atoms with van der Waals surface area (Å²) in [4.78, 5) is 28.4. The molecule has 0 radical (unpaired) electrons. The Hall–Kier alpha value is -2.99. The summed E-state index contributed by atoms with van der Waals surface area (Å²) in [6, 6.07) is 12.7. The van der Waals surface area contributed by atoms with Crippen molar-refractivity contribution in [2.24, 2.45) is 0 Å². The van der Waals surface area contributed by atoms with Gasteiger partial charge in [-0.05, 0) is 30.7 Å². The number of Topliss-reactive ketones (excluding diaryl/α,β-unsaturated/α-hetero) is 2. The summed E-state index contributed by atoms with van der Waals surface area (Å²) in [5, 5.41) is 2.65. The largest absolute Gasteiger partial charge is 0.497 e. The highest BCUT2D eigenvalue weighted by molar-refractivity contribution is 7.10. The Bertz CT molecular complexity index is 992. The molecule has 3 rings (SSSR count). The number of hydrogen-bond donors (Lipinski definition) is 0. The van der Waals surface area contributed by atoms with Crippen LogP contribution in [-0.2, 0) is 17.6 Å². The van der Waals surface area contributed by atoms with Crippen LogP contribution >= 0.6 is 11.3 Å². The van der Waals surface area contributed by atoms with Crippen molar-refractivity contribution in [3.63, 3.8) is 0 Å². The fraction of sp³-hybridized carbons (Fsp3) is 0.227. The normalized spacial score (nSPS) is 10.5. The van der Waals surface area contributed by atoms with Gasteiger partial charge in [-0.15, -0.1) is 11.3 Å². The first-order valence-corrected chi connectivity index (χ1v) is 9.66. The van der Waals surface area contributed by atoms with Crippen LogP contribution in [-0.4, -0.2) is 30.8 Å². The summed E-state index contributed by atoms with van der Waals surface area (Å²) >= 11 is 1.44. The molecule has 0 N–H and O–H groups in total. The van der Waals surface area contributed by atoms with Gasteiger partial charge in [0.15, 0.2) is 5.78 Å². The molecule has 1 aromatic heterocycles. The van der Waals surface area contributed by atoms with Crippen LogP contribution in [0.15, 0.2) is 47.8 Å². The van der Waals surface area contributed by atoms with E-state index in [0.717, 1.165) is 21.8 Å². The van der Waals surface area contributed by atoms with Crippen LogP contribution in [0, 0.1) is 0 Å². The third-order valence-corrected chi connectivity index (χ3v) is 5.12. The fourth-order valence-electron chi connectivity index (χ4n) is 2.87. The van der Waals surface area contributed by atoms with Crippen LogP contribution in [0.4, 0.5) is 0 Å². The van der Waals surface area contributed by atoms with Crippen LogP contribution < -0.4 is 9.47 Å². The van der Waals surface area contributed by atoms with Gasteiger partial charge in [0.05, 0.1) is 26.3 Å². The maximum atomic E-state index is 12.6. The Morgan fingerprint density at radius 2 is 1.75 bits per heavy atom. The van der Waals surface area contributed by atoms with Gasteiger partial charge in [0.25, 0.3) is 0 Å². The number of benzene rings is 2. The van der Waals surface area contributed by atoms with Crippen molar-refractivity contribution in [2.45, 2.75) is 19.8 Å². The second kappa shape index (κ2) is 8.80. The van der Waals surface area contributed by atoms with Gasteiger partial charge in [-0.3, -0.25) is 9.59 Å². The molecule has 0 aliphatic rings. The Balaban J connectivity index is 1.76. The number of ketones is 2. The van der Waals surface area contributed by atoms with Crippen molar-refractivity contribution in [2.75, 3.05) is 14.2 Å². The summed E-state index contributed by atoms with van der Waals surface area (Å²) in [6.07, 6.45) is 0.607. The SMILES string of the molecule is COc1ccc(OC)c(-c2csc(CC(=O)c3ccc(CC(C)=O)cc3)n2)c1. The first kappa shape index (κ1) is 19.8. The van der Waals surface area contributed by atoms with Crippen LogP contribution in [0.5, 0.6) is 11.5 Å². The standard InChI is InChI=1S/C22H21NO4S/c1-14(24)10-15-4-6-16(7-5-15)20(25)12-22-23-19(13-28-22)18-11-17(26-2)8-9-21(18)27-3/h4-9,11,13H,10,12H2,1-3H3. The van der Waals surface area contributed by atoms with E-state index in [1.54, 1.807) is 33.3 Å². The molecule has 0 atom stereocenters. The minimum absolute atomic E-state index is 0.00659. The molecule has 6 heteroatoms. The lowest BCUT2D eigenvalue weighted by Crippen LogP contribution is -2.04. The first-order valence-electron chi connectivity index (χ1n) is 8.78. The molecule has 0 saturated carbocycles. The summed E-state index contributed by atoms with van der Waals surface area (Å²) in [6.45, 7) is 1.55. The molecule has 3 aromatic rings. The van der Waals surface area contributed by atoms with E-state index >= 15 is 0 Å². The van der Waals surface area contributed by atoms with Crippen molar-refractivity contribution >= 4 is 22.9 Å². The van der Waals surface area contributed by atoms with Gasteiger partial charge in [0, 0.05) is 22.9 Å². The molecule has 144 valence electrons. The Kier molecular flexibility index (Phi) is 6.21. The molecular formula is C22H21NO4S. The minimum Gasteiger partial charge on any atom is -0.497 e. The summed E-state index contributed by atoms with van der Waals surface area (Å²) in [7, 11) is 3.22. The van der Waals surface area contributed by atoms with E-state index in [1.165, 1.54) is 11.3 Å². The number of carbonyl (C=O) groups is 2. The number of ether oxygens (including phenoxy) is 2. The molecule has 0 saturated heterocycles. The lowest BCUT2D eigenvalue weighted by molar-refractivity contribution is -0.116. The maximum Gasteiger partial charge on any atom is 0.169 e. The van der Waals surface area contributed by atoms with E-state index in [4.69, 9.17) is 9.47 Å². The maximum absolute atomic E-state index is 12.6. The van der Waals surface area contributed by atoms with Crippen molar-refractivity contribution in [3.05, 3.63) is 64.0 Å². The third-order valence-electron chi connectivity index (χ3n) is 4.28. The molecule has 1 heterocycles. The highest BCUT2D eigenvalue weighted by Crippen LogP contribution is 2.34. The van der Waals surface area contributed by atoms with Crippen molar-refractivity contribution in [3.8, 4) is 22.8 Å². The van der Waals surface area contributed by atoms with Gasteiger partial charge in [0.1, 0.15) is 22.3 Å². The number of carbonyl (C=O) groups excluding carboxylic acids is 2. The third kappa shape index (κ3) is 4.64. The second-order valence-corrected chi connectivity index (χ2v) is 7.31. The number of hydrogen-bond acceptors (Lipinski definition) is 6. The molecule has 0 amide bonds. The van der Waals surface area contributed by atoms with Crippen LogP contribution in [0.1, 0.15) is 27.9 Å². The highest BCUT2D eigenvalue weighted by atomic mass is 32.1. The summed E-state index contributed by atoms with van der Waals surface area (Å²) in [5.41, 5.74) is 3.10. The van der Waals surface area contributed by atoms with Crippen molar-refractivity contribution in [1.29, 1.82) is 0 Å². The van der Waals surface area contributed by atoms with E-state index in [2.05, 4.69) is 4.98 Å². The lowest BCUT2D eigenvalue weighted by Gasteiger charge is -2.08. The van der Waals surface area contributed by atoms with Gasteiger partial charge in [-0.2, -0.15) is 0 Å². The van der Waals surface area contributed by atoms with E-state index in [-0.39, 0.29) is 18.0 Å². The number of aromatic nitrogens is 1. The predicted octanol–water partition coefficient (Wildman–Crippen LogP) is 4.38. The Morgan fingerprint density at radius 1 is 1.00 bits per heavy atom. The molecule has 0 fully saturated rings. The molecule has 0 aliphatic heterocycles. The van der Waals surface area contributed by atoms with E-state index in [1.807, 2.05) is 35.7 Å². The van der Waals surface area contributed by atoms with E-state index in [0.29, 0.717) is 23.5 Å². The monoisotopic (exact) mass is 395 g/mol. The number of methoxy groups -OCH3 is 2. The fourth-order valence-corrected chi connectivity index (χ4v) is 3.66. The van der Waals surface area contributed by atoms with Gasteiger partial charge in [-0.1, -0.05) is 24.3 Å². The average Bonchev–Trinajstić information content (AvgIpc) is 3.15. The zero-order valence-electron chi connectivity index (χ0n) is 16.0. The summed E-state index contributed by atoms with van der Waals surface area (Å²) < 4.78 is 10.7. The Labute approximate surface area is 168 Å². The smallest absolute Gasteiger partial charge is 0.169 e. The molecule has 28 heavy (non-hydrogen) atoms. The number of thiazole rings is 1. The zero-order valence-corrected chi connectivity index (χ0v) is 16.8. The predicted molar refractivity (Wildman–Crippen MR) is 110 cm³/mol. The van der Waals surface area contributed by atoms with Gasteiger partial charge < -0.3 is 9.47 Å². The number of rotatable bonds is 8. The van der Waals surface area contributed by atoms with Gasteiger partial charge in [-0.25, -0.2) is 4.98 Å². The van der Waals surface area contributed by atoms with Crippen molar-refractivity contribution in [1.82, 2.24) is 4.98 Å². The quantitative estimate of drug-likeness (QED) is 0.530. The number of nitrogens with zero attached hydrogens (tertiary/aromatic N) is 1. The summed E-state index contributed by atoms with van der Waals surface area (Å²) in [5.74, 6) is 1.51. The van der Waals surface area contributed by atoms with Crippen LogP contribution in [0.25, 0.3) is 11.3 Å². The molecule has 0 spiro atoms. The Morgan fingerprint density at radius 3 is 2.39 bits per heavy atom. The van der Waals surface area contributed by atoms with E-state index in [9.17, 15) is 9.59 Å². The van der Waals surface area contributed by atoms with Gasteiger partial charge >= 0.3 is 0 Å². The van der Waals surface area contributed by atoms with Crippen LogP contribution in [0.2, 0.25) is 0 Å². The minimum atomic E-state index is -0.00659. The zero-order chi connectivity index (χ0) is 20.1. The first-order chi connectivity index (χ1) is 13.5. The molecule has 0 unspecified atom stereocenters. The highest BCUT2D eigenvalue weighted by Gasteiger charge is 2.14.